The summed E-state index contributed by atoms with van der Waals surface area (Å²) in [5, 5.41) is 0. The summed E-state index contributed by atoms with van der Waals surface area (Å²) in [6, 6.07) is 0. The predicted octanol–water partition coefficient (Wildman–Crippen LogP) is 8.38. The van der Waals surface area contributed by atoms with Crippen molar-refractivity contribution in [2.45, 2.75) is 120 Å². The molecule has 7 atom stereocenters. The Balaban J connectivity index is 1.59. The standard InChI is InChI=1S/C30H48O/c1-25(2)15-9-10-23-29(25,7)19-18-28(6)21-11-12-22-26(3,4)24(31)14-16-27(22,5)20(21)13-17-30(23,28)8/h13,21-23H,9-12,14-19H2,1-8H3/t21?,22?,23-,27-,28-,29+,30+/m1/s1. The number of Topliss-reactive ketones (excluding diaryl/α,β-unsaturated/α-hetero) is 1. The highest BCUT2D eigenvalue weighted by Crippen LogP contribution is 2.76. The topological polar surface area (TPSA) is 17.1 Å². The summed E-state index contributed by atoms with van der Waals surface area (Å²) in [4.78, 5) is 12.8. The molecule has 31 heavy (non-hydrogen) atoms. The normalized spacial score (nSPS) is 52.8. The third-order valence-corrected chi connectivity index (χ3v) is 13.4. The SMILES string of the molecule is CC1(C)C(=O)CC[C@]2(C)C3=CC[C@@]4(C)[C@@H]5CCCC(C)(C)[C@@]5(C)CC[C@]4(C)C3CCC12. The molecule has 0 heterocycles. The molecule has 5 rings (SSSR count). The summed E-state index contributed by atoms with van der Waals surface area (Å²) in [6.07, 6.45) is 15.5. The summed E-state index contributed by atoms with van der Waals surface area (Å²) < 4.78 is 0. The van der Waals surface area contributed by atoms with Crippen LogP contribution in [0.2, 0.25) is 0 Å². The van der Waals surface area contributed by atoms with Gasteiger partial charge < -0.3 is 0 Å². The van der Waals surface area contributed by atoms with E-state index in [1.165, 1.54) is 51.4 Å². The second-order valence-corrected chi connectivity index (χ2v) is 14.7. The maximum atomic E-state index is 12.8. The Hall–Kier alpha value is -0.590. The molecule has 0 amide bonds. The highest BCUT2D eigenvalue weighted by atomic mass is 16.1. The molecule has 0 aromatic rings. The van der Waals surface area contributed by atoms with Gasteiger partial charge in [-0.1, -0.05) is 73.5 Å². The van der Waals surface area contributed by atoms with E-state index in [0.29, 0.717) is 33.4 Å². The first-order chi connectivity index (χ1) is 14.2. The Kier molecular flexibility index (Phi) is 4.51. The van der Waals surface area contributed by atoms with Gasteiger partial charge in [-0.2, -0.15) is 0 Å². The van der Waals surface area contributed by atoms with E-state index in [1.807, 2.05) is 0 Å². The van der Waals surface area contributed by atoms with Gasteiger partial charge in [0.15, 0.2) is 0 Å². The van der Waals surface area contributed by atoms with Crippen molar-refractivity contribution in [2.75, 3.05) is 0 Å². The number of carbonyl (C=O) groups is 1. The molecule has 174 valence electrons. The fourth-order valence-electron chi connectivity index (χ4n) is 10.6. The Morgan fingerprint density at radius 2 is 1.42 bits per heavy atom. The molecule has 1 heteroatoms. The zero-order valence-corrected chi connectivity index (χ0v) is 21.8. The summed E-state index contributed by atoms with van der Waals surface area (Å²) in [5.41, 5.74) is 3.62. The van der Waals surface area contributed by atoms with Crippen LogP contribution >= 0.6 is 0 Å². The average Bonchev–Trinajstić information content (AvgIpc) is 2.68. The first-order valence-corrected chi connectivity index (χ1v) is 13.5. The maximum Gasteiger partial charge on any atom is 0.138 e. The van der Waals surface area contributed by atoms with Crippen LogP contribution < -0.4 is 0 Å². The van der Waals surface area contributed by atoms with Crippen LogP contribution in [0.5, 0.6) is 0 Å². The van der Waals surface area contributed by atoms with Crippen molar-refractivity contribution >= 4 is 5.78 Å². The lowest BCUT2D eigenvalue weighted by molar-refractivity contribution is -0.202. The summed E-state index contributed by atoms with van der Waals surface area (Å²) >= 11 is 0. The quantitative estimate of drug-likeness (QED) is 0.357. The monoisotopic (exact) mass is 424 g/mol. The molecular formula is C30H48O. The molecule has 1 nitrogen and oxygen atoms in total. The maximum absolute atomic E-state index is 12.8. The fourth-order valence-corrected chi connectivity index (χ4v) is 10.6. The van der Waals surface area contributed by atoms with Crippen molar-refractivity contribution < 1.29 is 4.79 Å². The number of rotatable bonds is 0. The molecule has 4 saturated carbocycles. The molecule has 2 unspecified atom stereocenters. The predicted molar refractivity (Wildman–Crippen MR) is 130 cm³/mol. The zero-order valence-electron chi connectivity index (χ0n) is 21.8. The minimum Gasteiger partial charge on any atom is -0.299 e. The smallest absolute Gasteiger partial charge is 0.138 e. The molecule has 0 aliphatic heterocycles. The van der Waals surface area contributed by atoms with Gasteiger partial charge in [-0.05, 0) is 96.2 Å². The first-order valence-electron chi connectivity index (χ1n) is 13.5. The number of carbonyl (C=O) groups excluding carboxylic acids is 1. The molecule has 4 fully saturated rings. The van der Waals surface area contributed by atoms with E-state index in [0.717, 1.165) is 24.7 Å². The van der Waals surface area contributed by atoms with Gasteiger partial charge in [0.25, 0.3) is 0 Å². The van der Waals surface area contributed by atoms with Gasteiger partial charge in [0.05, 0.1) is 0 Å². The van der Waals surface area contributed by atoms with Crippen LogP contribution in [0.15, 0.2) is 11.6 Å². The highest BCUT2D eigenvalue weighted by Gasteiger charge is 2.68. The van der Waals surface area contributed by atoms with Crippen molar-refractivity contribution in [2.24, 2.45) is 50.2 Å². The van der Waals surface area contributed by atoms with Gasteiger partial charge in [-0.3, -0.25) is 4.79 Å². The van der Waals surface area contributed by atoms with Gasteiger partial charge in [0, 0.05) is 11.8 Å². The summed E-state index contributed by atoms with van der Waals surface area (Å²) in [5.74, 6) is 2.61. The molecule has 0 radical (unpaired) electrons. The largest absolute Gasteiger partial charge is 0.299 e. The lowest BCUT2D eigenvalue weighted by Gasteiger charge is -2.72. The van der Waals surface area contributed by atoms with E-state index in [9.17, 15) is 4.79 Å². The molecule has 0 aromatic carbocycles. The van der Waals surface area contributed by atoms with Crippen LogP contribution in [0.3, 0.4) is 0 Å². The van der Waals surface area contributed by atoms with E-state index in [-0.39, 0.29) is 10.8 Å². The van der Waals surface area contributed by atoms with Gasteiger partial charge in [0.2, 0.25) is 0 Å². The number of fused-ring (bicyclic) bond motifs is 7. The van der Waals surface area contributed by atoms with Crippen LogP contribution in [-0.4, -0.2) is 5.78 Å². The van der Waals surface area contributed by atoms with E-state index >= 15 is 0 Å². The molecule has 5 aliphatic rings. The van der Waals surface area contributed by atoms with E-state index < -0.39 is 0 Å². The molecule has 0 aromatic heterocycles. The Labute approximate surface area is 192 Å². The first kappa shape index (κ1) is 22.2. The van der Waals surface area contributed by atoms with Crippen LogP contribution in [0, 0.1) is 50.2 Å². The number of hydrogen-bond acceptors (Lipinski definition) is 1. The molecule has 5 aliphatic carbocycles. The lowest BCUT2D eigenvalue weighted by atomic mass is 9.32. The van der Waals surface area contributed by atoms with Gasteiger partial charge in [-0.15, -0.1) is 0 Å². The van der Waals surface area contributed by atoms with Crippen LogP contribution in [0.25, 0.3) is 0 Å². The Morgan fingerprint density at radius 1 is 0.742 bits per heavy atom. The van der Waals surface area contributed by atoms with Gasteiger partial charge >= 0.3 is 0 Å². The van der Waals surface area contributed by atoms with E-state index in [1.54, 1.807) is 5.57 Å². The fraction of sp³-hybridized carbons (Fsp3) is 0.900. The Morgan fingerprint density at radius 3 is 2.13 bits per heavy atom. The van der Waals surface area contributed by atoms with Gasteiger partial charge in [0.1, 0.15) is 5.78 Å². The molecular weight excluding hydrogens is 376 g/mol. The molecule has 0 saturated heterocycles. The number of ketones is 1. The third kappa shape index (κ3) is 2.48. The number of allylic oxidation sites excluding steroid dienone is 2. The highest BCUT2D eigenvalue weighted by molar-refractivity contribution is 5.85. The van der Waals surface area contributed by atoms with Crippen molar-refractivity contribution in [3.05, 3.63) is 11.6 Å². The Bertz CT molecular complexity index is 831. The number of hydrogen-bond donors (Lipinski definition) is 0. The van der Waals surface area contributed by atoms with Gasteiger partial charge in [-0.25, -0.2) is 0 Å². The minimum atomic E-state index is -0.154. The van der Waals surface area contributed by atoms with Crippen molar-refractivity contribution in [3.63, 3.8) is 0 Å². The van der Waals surface area contributed by atoms with Crippen LogP contribution in [0.4, 0.5) is 0 Å². The molecule has 0 spiro atoms. The second kappa shape index (κ2) is 6.29. The summed E-state index contributed by atoms with van der Waals surface area (Å²) in [6.45, 7) is 20.3. The lowest BCUT2D eigenvalue weighted by Crippen LogP contribution is -2.64. The summed E-state index contributed by atoms with van der Waals surface area (Å²) in [7, 11) is 0. The second-order valence-electron chi connectivity index (χ2n) is 14.7. The van der Waals surface area contributed by atoms with Crippen LogP contribution in [0.1, 0.15) is 120 Å². The average molecular weight is 425 g/mol. The van der Waals surface area contributed by atoms with E-state index in [2.05, 4.69) is 61.5 Å². The molecule has 0 bridgehead atoms. The zero-order chi connectivity index (χ0) is 22.7. The third-order valence-electron chi connectivity index (χ3n) is 13.4. The van der Waals surface area contributed by atoms with Crippen molar-refractivity contribution in [1.82, 2.24) is 0 Å². The minimum absolute atomic E-state index is 0.154. The van der Waals surface area contributed by atoms with Crippen molar-refractivity contribution in [1.29, 1.82) is 0 Å². The van der Waals surface area contributed by atoms with Crippen molar-refractivity contribution in [3.8, 4) is 0 Å². The van der Waals surface area contributed by atoms with E-state index in [4.69, 9.17) is 0 Å². The van der Waals surface area contributed by atoms with Crippen LogP contribution in [-0.2, 0) is 4.79 Å². The molecule has 0 N–H and O–H groups in total.